The van der Waals surface area contributed by atoms with Gasteiger partial charge in [-0.1, -0.05) is 43.8 Å². The molecule has 0 heterocycles. The lowest BCUT2D eigenvalue weighted by Gasteiger charge is -2.27. The highest BCUT2D eigenvalue weighted by atomic mass is 16.5. The van der Waals surface area contributed by atoms with Crippen molar-refractivity contribution in [3.8, 4) is 0 Å². The molecule has 1 nitrogen and oxygen atoms in total. The number of rotatable bonds is 5. The Labute approximate surface area is 86.4 Å². The highest BCUT2D eigenvalue weighted by molar-refractivity contribution is 5.16. The van der Waals surface area contributed by atoms with E-state index in [2.05, 4.69) is 44.7 Å². The second-order valence-electron chi connectivity index (χ2n) is 3.75. The summed E-state index contributed by atoms with van der Waals surface area (Å²) in [6, 6.07) is 10.4. The van der Waals surface area contributed by atoms with E-state index in [0.717, 1.165) is 12.8 Å². The zero-order chi connectivity index (χ0) is 10.4. The maximum atomic E-state index is 5.55. The Morgan fingerprint density at radius 3 is 2.50 bits per heavy atom. The molecule has 0 spiro atoms. The van der Waals surface area contributed by atoms with Crippen LogP contribution >= 0.6 is 0 Å². The van der Waals surface area contributed by atoms with Gasteiger partial charge in [0.05, 0.1) is 6.26 Å². The minimum Gasteiger partial charge on any atom is -0.495 e. The molecule has 0 amide bonds. The van der Waals surface area contributed by atoms with Gasteiger partial charge >= 0.3 is 0 Å². The molecule has 0 saturated carbocycles. The first-order chi connectivity index (χ1) is 6.70. The first-order valence-electron chi connectivity index (χ1n) is 5.03. The van der Waals surface area contributed by atoms with Crippen LogP contribution in [0.2, 0.25) is 0 Å². The smallest absolute Gasteiger partial charge is 0.109 e. The van der Waals surface area contributed by atoms with Gasteiger partial charge in [0.2, 0.25) is 0 Å². The summed E-state index contributed by atoms with van der Waals surface area (Å²) in [5.41, 5.74) is 1.18. The summed E-state index contributed by atoms with van der Waals surface area (Å²) in [5.74, 6) is 0. The molecule has 0 N–H and O–H groups in total. The van der Waals surface area contributed by atoms with Crippen LogP contribution in [0.15, 0.2) is 43.2 Å². The fraction of sp³-hybridized carbons (Fsp3) is 0.385. The third kappa shape index (κ3) is 2.91. The molecule has 1 aromatic carbocycles. The SMILES string of the molecule is C=COC(C)(CC)Cc1ccccc1. The van der Waals surface area contributed by atoms with Crippen molar-refractivity contribution < 1.29 is 4.74 Å². The standard InChI is InChI=1S/C13H18O/c1-4-13(3,14-5-2)11-12-9-7-6-8-10-12/h5-10H,2,4,11H2,1,3H3. The largest absolute Gasteiger partial charge is 0.495 e. The van der Waals surface area contributed by atoms with Gasteiger partial charge in [-0.05, 0) is 18.9 Å². The molecule has 1 rings (SSSR count). The van der Waals surface area contributed by atoms with Gasteiger partial charge in [0.25, 0.3) is 0 Å². The molecular formula is C13H18O. The van der Waals surface area contributed by atoms with E-state index in [-0.39, 0.29) is 5.60 Å². The van der Waals surface area contributed by atoms with Crippen molar-refractivity contribution in [3.63, 3.8) is 0 Å². The van der Waals surface area contributed by atoms with Crippen LogP contribution in [0.5, 0.6) is 0 Å². The fourth-order valence-electron chi connectivity index (χ4n) is 1.48. The normalized spacial score (nSPS) is 14.4. The summed E-state index contributed by atoms with van der Waals surface area (Å²) in [5, 5.41) is 0. The number of ether oxygens (including phenoxy) is 1. The molecule has 1 atom stereocenters. The van der Waals surface area contributed by atoms with Crippen LogP contribution in [0, 0.1) is 0 Å². The van der Waals surface area contributed by atoms with Crippen molar-refractivity contribution in [3.05, 3.63) is 48.7 Å². The van der Waals surface area contributed by atoms with Gasteiger partial charge in [-0.25, -0.2) is 0 Å². The van der Waals surface area contributed by atoms with Gasteiger partial charge in [0.15, 0.2) is 0 Å². The van der Waals surface area contributed by atoms with Crippen LogP contribution in [0.25, 0.3) is 0 Å². The molecule has 0 fully saturated rings. The average molecular weight is 190 g/mol. The van der Waals surface area contributed by atoms with Gasteiger partial charge in [-0.3, -0.25) is 0 Å². The van der Waals surface area contributed by atoms with Crippen LogP contribution < -0.4 is 0 Å². The monoisotopic (exact) mass is 190 g/mol. The molecule has 0 bridgehead atoms. The molecule has 76 valence electrons. The predicted octanol–water partition coefficient (Wildman–Crippen LogP) is 3.56. The second-order valence-corrected chi connectivity index (χ2v) is 3.75. The number of hydrogen-bond acceptors (Lipinski definition) is 1. The summed E-state index contributed by atoms with van der Waals surface area (Å²) in [4.78, 5) is 0. The van der Waals surface area contributed by atoms with E-state index in [1.807, 2.05) is 6.07 Å². The minimum absolute atomic E-state index is 0.122. The van der Waals surface area contributed by atoms with Gasteiger partial charge in [-0.2, -0.15) is 0 Å². The third-order valence-corrected chi connectivity index (χ3v) is 2.54. The molecule has 0 aliphatic carbocycles. The lowest BCUT2D eigenvalue weighted by Crippen LogP contribution is -2.28. The minimum atomic E-state index is -0.122. The van der Waals surface area contributed by atoms with Crippen LogP contribution in [-0.4, -0.2) is 5.60 Å². The Hall–Kier alpha value is -1.24. The zero-order valence-corrected chi connectivity index (χ0v) is 8.99. The van der Waals surface area contributed by atoms with Crippen LogP contribution in [0.4, 0.5) is 0 Å². The molecule has 0 radical (unpaired) electrons. The summed E-state index contributed by atoms with van der Waals surface area (Å²) < 4.78 is 5.55. The van der Waals surface area contributed by atoms with Crippen LogP contribution in [0.1, 0.15) is 25.8 Å². The third-order valence-electron chi connectivity index (χ3n) is 2.54. The number of hydrogen-bond donors (Lipinski definition) is 0. The van der Waals surface area contributed by atoms with Gasteiger partial charge in [0, 0.05) is 6.42 Å². The predicted molar refractivity (Wildman–Crippen MR) is 60.1 cm³/mol. The maximum Gasteiger partial charge on any atom is 0.109 e. The summed E-state index contributed by atoms with van der Waals surface area (Å²) in [7, 11) is 0. The summed E-state index contributed by atoms with van der Waals surface area (Å²) in [6.07, 6.45) is 3.44. The summed E-state index contributed by atoms with van der Waals surface area (Å²) in [6.45, 7) is 7.86. The molecule has 0 saturated heterocycles. The quantitative estimate of drug-likeness (QED) is 0.645. The van der Waals surface area contributed by atoms with E-state index in [9.17, 15) is 0 Å². The fourth-order valence-corrected chi connectivity index (χ4v) is 1.48. The van der Waals surface area contributed by atoms with Gasteiger partial charge in [0.1, 0.15) is 5.60 Å². The van der Waals surface area contributed by atoms with E-state index in [1.54, 1.807) is 0 Å². The average Bonchev–Trinajstić information content (AvgIpc) is 2.20. The van der Waals surface area contributed by atoms with Gasteiger partial charge < -0.3 is 4.74 Å². The Bertz CT molecular complexity index is 279. The molecule has 0 aliphatic rings. The molecule has 1 heteroatoms. The Kier molecular flexibility index (Phi) is 3.75. The number of benzene rings is 1. The highest BCUT2D eigenvalue weighted by Crippen LogP contribution is 2.21. The topological polar surface area (TPSA) is 9.23 Å². The Morgan fingerprint density at radius 1 is 1.36 bits per heavy atom. The first-order valence-corrected chi connectivity index (χ1v) is 5.03. The highest BCUT2D eigenvalue weighted by Gasteiger charge is 2.22. The zero-order valence-electron chi connectivity index (χ0n) is 8.99. The molecule has 1 unspecified atom stereocenters. The molecule has 0 aromatic heterocycles. The maximum absolute atomic E-state index is 5.55. The Balaban J connectivity index is 2.70. The molecule has 0 aliphatic heterocycles. The second kappa shape index (κ2) is 4.85. The van der Waals surface area contributed by atoms with E-state index in [1.165, 1.54) is 11.8 Å². The van der Waals surface area contributed by atoms with Crippen molar-refractivity contribution in [1.29, 1.82) is 0 Å². The lowest BCUT2D eigenvalue weighted by molar-refractivity contribution is 0.0368. The molecular weight excluding hydrogens is 172 g/mol. The van der Waals surface area contributed by atoms with Crippen molar-refractivity contribution >= 4 is 0 Å². The van der Waals surface area contributed by atoms with E-state index < -0.39 is 0 Å². The van der Waals surface area contributed by atoms with Crippen molar-refractivity contribution in [1.82, 2.24) is 0 Å². The van der Waals surface area contributed by atoms with Crippen LogP contribution in [-0.2, 0) is 11.2 Å². The van der Waals surface area contributed by atoms with Crippen LogP contribution in [0.3, 0.4) is 0 Å². The van der Waals surface area contributed by atoms with E-state index in [4.69, 9.17) is 4.74 Å². The van der Waals surface area contributed by atoms with Gasteiger partial charge in [-0.15, -0.1) is 0 Å². The molecule has 14 heavy (non-hydrogen) atoms. The van der Waals surface area contributed by atoms with Crippen molar-refractivity contribution in [2.45, 2.75) is 32.3 Å². The van der Waals surface area contributed by atoms with E-state index >= 15 is 0 Å². The van der Waals surface area contributed by atoms with E-state index in [0.29, 0.717) is 0 Å². The Morgan fingerprint density at radius 2 is 2.00 bits per heavy atom. The molecule has 1 aromatic rings. The van der Waals surface area contributed by atoms with Crippen molar-refractivity contribution in [2.24, 2.45) is 0 Å². The summed E-state index contributed by atoms with van der Waals surface area (Å²) >= 11 is 0. The lowest BCUT2D eigenvalue weighted by atomic mass is 9.94. The first kappa shape index (κ1) is 10.8. The van der Waals surface area contributed by atoms with Crippen molar-refractivity contribution in [2.75, 3.05) is 0 Å².